The molecule has 0 saturated carbocycles. The fourth-order valence-electron chi connectivity index (χ4n) is 2.78. The van der Waals surface area contributed by atoms with E-state index in [0.717, 1.165) is 38.5 Å². The summed E-state index contributed by atoms with van der Waals surface area (Å²) in [5.74, 6) is 0.00763. The van der Waals surface area contributed by atoms with Crippen molar-refractivity contribution in [3.8, 4) is 0 Å². The number of quaternary nitrogens is 2. The first-order valence-electron chi connectivity index (χ1n) is 8.41. The van der Waals surface area contributed by atoms with Crippen LogP contribution >= 0.6 is 0 Å². The first kappa shape index (κ1) is 17.9. The van der Waals surface area contributed by atoms with Crippen molar-refractivity contribution in [3.63, 3.8) is 0 Å². The van der Waals surface area contributed by atoms with Gasteiger partial charge in [-0.05, 0) is 19.1 Å². The Kier molecular flexibility index (Phi) is 7.48. The van der Waals surface area contributed by atoms with Crippen molar-refractivity contribution in [3.05, 3.63) is 30.3 Å². The van der Waals surface area contributed by atoms with Crippen LogP contribution in [0.15, 0.2) is 30.3 Å². The second-order valence-corrected chi connectivity index (χ2v) is 6.29. The number of para-hydroxylation sites is 1. The molecular formula is C17H29N3O3+2. The number of nitrogens with one attached hydrogen (secondary N) is 2. The molecule has 0 aromatic heterocycles. The molecule has 0 spiro atoms. The van der Waals surface area contributed by atoms with Crippen molar-refractivity contribution in [2.45, 2.75) is 25.5 Å². The Morgan fingerprint density at radius 1 is 1.35 bits per heavy atom. The third-order valence-corrected chi connectivity index (χ3v) is 4.10. The van der Waals surface area contributed by atoms with E-state index in [-0.39, 0.29) is 18.1 Å². The summed E-state index contributed by atoms with van der Waals surface area (Å²) in [4.78, 5) is 13.4. The quantitative estimate of drug-likeness (QED) is 0.458. The van der Waals surface area contributed by atoms with Gasteiger partial charge in [-0.3, -0.25) is 4.79 Å². The smallest absolute Gasteiger partial charge is 0.230 e. The summed E-state index contributed by atoms with van der Waals surface area (Å²) >= 11 is 0. The van der Waals surface area contributed by atoms with E-state index in [1.807, 2.05) is 37.3 Å². The number of rotatable bonds is 8. The lowest BCUT2D eigenvalue weighted by molar-refractivity contribution is -0.912. The predicted octanol–water partition coefficient (Wildman–Crippen LogP) is -1.76. The minimum Gasteiger partial charge on any atom is -0.382 e. The largest absolute Gasteiger partial charge is 0.382 e. The number of carbonyl (C=O) groups is 1. The number of amides is 1. The summed E-state index contributed by atoms with van der Waals surface area (Å²) in [6.07, 6.45) is 0.0918. The highest BCUT2D eigenvalue weighted by molar-refractivity contribution is 5.90. The molecule has 1 saturated heterocycles. The number of benzene rings is 1. The third-order valence-electron chi connectivity index (χ3n) is 4.10. The average molecular weight is 323 g/mol. The summed E-state index contributed by atoms with van der Waals surface area (Å²) in [5, 5.41) is 15.1. The minimum absolute atomic E-state index is 0.00763. The molecule has 5 N–H and O–H groups in total. The molecule has 23 heavy (non-hydrogen) atoms. The van der Waals surface area contributed by atoms with Crippen LogP contribution in [0.5, 0.6) is 0 Å². The maximum absolute atomic E-state index is 12.0. The molecule has 1 aliphatic rings. The van der Waals surface area contributed by atoms with Gasteiger partial charge in [-0.15, -0.1) is 0 Å². The van der Waals surface area contributed by atoms with Gasteiger partial charge in [0.1, 0.15) is 26.2 Å². The first-order chi connectivity index (χ1) is 11.1. The number of ether oxygens (including phenoxy) is 1. The number of nitrogens with two attached hydrogens (primary N) is 1. The van der Waals surface area contributed by atoms with Gasteiger partial charge in [0.15, 0.2) is 6.10 Å². The van der Waals surface area contributed by atoms with E-state index in [0.29, 0.717) is 13.0 Å². The number of hydrogen-bond donors (Lipinski definition) is 4. The summed E-state index contributed by atoms with van der Waals surface area (Å²) in [7, 11) is 0. The standard InChI is InChI=1S/C17H27N3O3/c1-14(11-17(22)19-15-5-3-2-4-6-15)18-12-16(21)13-20-7-9-23-10-8-20/h2-6,14,16,18,21H,7-13H2,1H3,(H,19,22)/p+2/t14-,16-/m1/s1. The lowest BCUT2D eigenvalue weighted by Crippen LogP contribution is -3.15. The highest BCUT2D eigenvalue weighted by Gasteiger charge is 2.20. The van der Waals surface area contributed by atoms with E-state index in [1.165, 1.54) is 4.90 Å². The fourth-order valence-corrected chi connectivity index (χ4v) is 2.78. The molecule has 128 valence electrons. The number of anilines is 1. The molecular weight excluding hydrogens is 294 g/mol. The highest BCUT2D eigenvalue weighted by Crippen LogP contribution is 2.05. The van der Waals surface area contributed by atoms with Crippen LogP contribution in [0, 0.1) is 0 Å². The molecule has 1 fully saturated rings. The number of hydrogen-bond acceptors (Lipinski definition) is 3. The zero-order valence-corrected chi connectivity index (χ0v) is 13.8. The summed E-state index contributed by atoms with van der Waals surface area (Å²) < 4.78 is 5.32. The van der Waals surface area contributed by atoms with Gasteiger partial charge in [-0.2, -0.15) is 0 Å². The zero-order valence-electron chi connectivity index (χ0n) is 13.8. The van der Waals surface area contributed by atoms with Crippen molar-refractivity contribution >= 4 is 11.6 Å². The van der Waals surface area contributed by atoms with Gasteiger partial charge < -0.3 is 25.4 Å². The normalized spacial score (nSPS) is 18.3. The van der Waals surface area contributed by atoms with E-state index >= 15 is 0 Å². The first-order valence-corrected chi connectivity index (χ1v) is 8.41. The zero-order chi connectivity index (χ0) is 16.5. The molecule has 0 aliphatic carbocycles. The molecule has 0 bridgehead atoms. The molecule has 1 aromatic carbocycles. The third kappa shape index (κ3) is 7.09. The Morgan fingerprint density at radius 2 is 2.04 bits per heavy atom. The summed E-state index contributed by atoms with van der Waals surface area (Å²) in [6.45, 7) is 6.88. The van der Waals surface area contributed by atoms with Gasteiger partial charge in [0.05, 0.1) is 25.7 Å². The Labute approximate surface area is 137 Å². The van der Waals surface area contributed by atoms with Crippen LogP contribution in [0.25, 0.3) is 0 Å². The number of morpholine rings is 1. The van der Waals surface area contributed by atoms with Crippen molar-refractivity contribution in [2.75, 3.05) is 44.7 Å². The minimum atomic E-state index is -0.345. The fraction of sp³-hybridized carbons (Fsp3) is 0.588. The maximum Gasteiger partial charge on any atom is 0.230 e. The van der Waals surface area contributed by atoms with E-state index in [2.05, 4.69) is 10.6 Å². The Hall–Kier alpha value is -1.47. The average Bonchev–Trinajstić information content (AvgIpc) is 2.55. The molecule has 1 amide bonds. The molecule has 1 aliphatic heterocycles. The van der Waals surface area contributed by atoms with Crippen LogP contribution in [0.2, 0.25) is 0 Å². The molecule has 0 unspecified atom stereocenters. The second-order valence-electron chi connectivity index (χ2n) is 6.29. The molecule has 2 rings (SSSR count). The lowest BCUT2D eigenvalue weighted by atomic mass is 10.2. The molecule has 2 atom stereocenters. The van der Waals surface area contributed by atoms with Crippen LogP contribution < -0.4 is 15.5 Å². The SMILES string of the molecule is C[C@H](CC(=O)Nc1ccccc1)[NH2+]C[C@@H](O)C[NH+]1CCOCC1. The van der Waals surface area contributed by atoms with E-state index in [1.54, 1.807) is 0 Å². The maximum atomic E-state index is 12.0. The van der Waals surface area contributed by atoms with Gasteiger partial charge in [0.25, 0.3) is 0 Å². The predicted molar refractivity (Wildman–Crippen MR) is 88.3 cm³/mol. The molecule has 6 heteroatoms. The van der Waals surface area contributed by atoms with Gasteiger partial charge in [0, 0.05) is 5.69 Å². The highest BCUT2D eigenvalue weighted by atomic mass is 16.5. The summed E-state index contributed by atoms with van der Waals surface area (Å²) in [6, 6.07) is 9.62. The van der Waals surface area contributed by atoms with E-state index in [9.17, 15) is 9.90 Å². The van der Waals surface area contributed by atoms with Crippen LogP contribution in [-0.4, -0.2) is 62.6 Å². The Bertz CT molecular complexity index is 463. The molecule has 6 nitrogen and oxygen atoms in total. The monoisotopic (exact) mass is 323 g/mol. The molecule has 0 radical (unpaired) electrons. The van der Waals surface area contributed by atoms with Crippen LogP contribution in [0.4, 0.5) is 5.69 Å². The molecule has 1 heterocycles. The second kappa shape index (κ2) is 9.62. The van der Waals surface area contributed by atoms with Gasteiger partial charge in [-0.1, -0.05) is 18.2 Å². The summed E-state index contributed by atoms with van der Waals surface area (Å²) in [5.41, 5.74) is 0.820. The van der Waals surface area contributed by atoms with E-state index in [4.69, 9.17) is 4.74 Å². The Balaban J connectivity index is 1.61. The number of aliphatic hydroxyl groups is 1. The lowest BCUT2D eigenvalue weighted by Gasteiger charge is -2.25. The van der Waals surface area contributed by atoms with Crippen LogP contribution in [-0.2, 0) is 9.53 Å². The van der Waals surface area contributed by atoms with Gasteiger partial charge in [0.2, 0.25) is 5.91 Å². The molecule has 1 aromatic rings. The number of carbonyl (C=O) groups excluding carboxylic acids is 1. The van der Waals surface area contributed by atoms with Crippen molar-refractivity contribution in [2.24, 2.45) is 0 Å². The van der Waals surface area contributed by atoms with E-state index < -0.39 is 0 Å². The van der Waals surface area contributed by atoms with Crippen molar-refractivity contribution < 1.29 is 24.9 Å². The Morgan fingerprint density at radius 3 is 2.74 bits per heavy atom. The topological polar surface area (TPSA) is 79.6 Å². The van der Waals surface area contributed by atoms with Crippen molar-refractivity contribution in [1.82, 2.24) is 0 Å². The van der Waals surface area contributed by atoms with Crippen molar-refractivity contribution in [1.29, 1.82) is 0 Å². The van der Waals surface area contributed by atoms with Crippen LogP contribution in [0.1, 0.15) is 13.3 Å². The van der Waals surface area contributed by atoms with Crippen LogP contribution in [0.3, 0.4) is 0 Å². The number of aliphatic hydroxyl groups excluding tert-OH is 1. The van der Waals surface area contributed by atoms with Gasteiger partial charge in [-0.25, -0.2) is 0 Å². The van der Waals surface area contributed by atoms with Gasteiger partial charge >= 0.3 is 0 Å².